The number of piperazine rings is 1. The minimum Gasteiger partial charge on any atom is -0.481 e. The maximum absolute atomic E-state index is 12.3. The molecule has 1 saturated heterocycles. The van der Waals surface area contributed by atoms with Gasteiger partial charge in [-0.2, -0.15) is 0 Å². The van der Waals surface area contributed by atoms with Crippen molar-refractivity contribution in [1.29, 1.82) is 0 Å². The van der Waals surface area contributed by atoms with E-state index in [1.165, 1.54) is 5.56 Å². The number of carbonyl (C=O) groups excluding carboxylic acids is 1. The van der Waals surface area contributed by atoms with E-state index in [-0.39, 0.29) is 5.91 Å². The van der Waals surface area contributed by atoms with Gasteiger partial charge in [-0.15, -0.1) is 0 Å². The van der Waals surface area contributed by atoms with Crippen LogP contribution in [0.25, 0.3) is 0 Å². The molecule has 20 heavy (non-hydrogen) atoms. The van der Waals surface area contributed by atoms with Crippen LogP contribution in [-0.2, 0) is 4.79 Å². The van der Waals surface area contributed by atoms with E-state index in [1.807, 2.05) is 24.0 Å². The summed E-state index contributed by atoms with van der Waals surface area (Å²) in [6, 6.07) is 8.00. The van der Waals surface area contributed by atoms with Gasteiger partial charge in [0.15, 0.2) is 6.10 Å². The summed E-state index contributed by atoms with van der Waals surface area (Å²) in [6.45, 7) is 9.39. The highest BCUT2D eigenvalue weighted by molar-refractivity contribution is 5.81. The fourth-order valence-electron chi connectivity index (χ4n) is 2.33. The van der Waals surface area contributed by atoms with Crippen LogP contribution < -0.4 is 10.1 Å². The van der Waals surface area contributed by atoms with Crippen LogP contribution in [0, 0.1) is 0 Å². The van der Waals surface area contributed by atoms with Crippen LogP contribution in [0.4, 0.5) is 0 Å². The van der Waals surface area contributed by atoms with Gasteiger partial charge in [0.05, 0.1) is 0 Å². The van der Waals surface area contributed by atoms with Crippen molar-refractivity contribution >= 4 is 5.91 Å². The number of amides is 1. The predicted molar refractivity (Wildman–Crippen MR) is 80.1 cm³/mol. The van der Waals surface area contributed by atoms with Crippen LogP contribution in [0.5, 0.6) is 5.75 Å². The summed E-state index contributed by atoms with van der Waals surface area (Å²) in [6.07, 6.45) is -0.432. The molecule has 0 aromatic heterocycles. The predicted octanol–water partition coefficient (Wildman–Crippen LogP) is 2.01. The zero-order chi connectivity index (χ0) is 14.5. The first-order valence-corrected chi connectivity index (χ1v) is 7.34. The summed E-state index contributed by atoms with van der Waals surface area (Å²) < 4.78 is 5.75. The molecule has 1 aromatic rings. The lowest BCUT2D eigenvalue weighted by atomic mass is 10.0. The number of ether oxygens (including phenoxy) is 1. The summed E-state index contributed by atoms with van der Waals surface area (Å²) in [5.74, 6) is 1.33. The molecule has 1 aliphatic rings. The van der Waals surface area contributed by atoms with Crippen LogP contribution in [0.3, 0.4) is 0 Å². The number of benzene rings is 1. The van der Waals surface area contributed by atoms with Crippen molar-refractivity contribution in [3.63, 3.8) is 0 Å². The number of nitrogens with zero attached hydrogens (tertiary/aromatic N) is 1. The molecule has 0 aliphatic carbocycles. The second kappa shape index (κ2) is 6.75. The lowest BCUT2D eigenvalue weighted by Crippen LogP contribution is -2.50. The van der Waals surface area contributed by atoms with Crippen molar-refractivity contribution in [1.82, 2.24) is 10.2 Å². The SMILES string of the molecule is CC(Oc1ccc(C(C)C)cc1)C(=O)N1CCNCC1. The van der Waals surface area contributed by atoms with Crippen molar-refractivity contribution in [3.05, 3.63) is 29.8 Å². The molecule has 4 heteroatoms. The number of nitrogens with one attached hydrogen (secondary N) is 1. The van der Waals surface area contributed by atoms with Gasteiger partial charge < -0.3 is 15.0 Å². The minimum atomic E-state index is -0.432. The molecular weight excluding hydrogens is 252 g/mol. The molecule has 1 aromatic carbocycles. The third kappa shape index (κ3) is 3.73. The Labute approximate surface area is 121 Å². The molecule has 0 spiro atoms. The van der Waals surface area contributed by atoms with Crippen molar-refractivity contribution < 1.29 is 9.53 Å². The summed E-state index contributed by atoms with van der Waals surface area (Å²) >= 11 is 0. The average Bonchev–Trinajstić information content (AvgIpc) is 2.48. The molecule has 1 atom stereocenters. The number of hydrogen-bond acceptors (Lipinski definition) is 3. The Balaban J connectivity index is 1.92. The third-order valence-corrected chi connectivity index (χ3v) is 3.64. The average molecular weight is 276 g/mol. The monoisotopic (exact) mass is 276 g/mol. The molecule has 1 fully saturated rings. The topological polar surface area (TPSA) is 41.6 Å². The molecule has 0 bridgehead atoms. The first-order valence-electron chi connectivity index (χ1n) is 7.34. The summed E-state index contributed by atoms with van der Waals surface area (Å²) in [5.41, 5.74) is 1.28. The van der Waals surface area contributed by atoms with E-state index >= 15 is 0 Å². The van der Waals surface area contributed by atoms with Crippen LogP contribution >= 0.6 is 0 Å². The van der Waals surface area contributed by atoms with Gasteiger partial charge in [0.2, 0.25) is 0 Å². The first kappa shape index (κ1) is 14.9. The van der Waals surface area contributed by atoms with E-state index in [9.17, 15) is 4.79 Å². The normalized spacial score (nSPS) is 17.1. The zero-order valence-electron chi connectivity index (χ0n) is 12.6. The Kier molecular flexibility index (Phi) is 5.01. The van der Waals surface area contributed by atoms with Crippen LogP contribution in [0.1, 0.15) is 32.3 Å². The van der Waals surface area contributed by atoms with Crippen molar-refractivity contribution in [2.24, 2.45) is 0 Å². The second-order valence-corrected chi connectivity index (χ2v) is 5.56. The van der Waals surface area contributed by atoms with Gasteiger partial charge in [-0.3, -0.25) is 4.79 Å². The van der Waals surface area contributed by atoms with E-state index in [1.54, 1.807) is 0 Å². The fourth-order valence-corrected chi connectivity index (χ4v) is 2.33. The number of carbonyl (C=O) groups is 1. The highest BCUT2D eigenvalue weighted by atomic mass is 16.5. The van der Waals surface area contributed by atoms with Crippen molar-refractivity contribution in [3.8, 4) is 5.75 Å². The standard InChI is InChI=1S/C16H24N2O2/c1-12(2)14-4-6-15(7-5-14)20-13(3)16(19)18-10-8-17-9-11-18/h4-7,12-13,17H,8-11H2,1-3H3. The van der Waals surface area contributed by atoms with E-state index in [0.717, 1.165) is 31.9 Å². The molecule has 1 N–H and O–H groups in total. The highest BCUT2D eigenvalue weighted by Gasteiger charge is 2.23. The van der Waals surface area contributed by atoms with Gasteiger partial charge in [-0.05, 0) is 30.5 Å². The van der Waals surface area contributed by atoms with Gasteiger partial charge in [0, 0.05) is 26.2 Å². The lowest BCUT2D eigenvalue weighted by Gasteiger charge is -2.29. The lowest BCUT2D eigenvalue weighted by molar-refractivity contribution is -0.138. The van der Waals surface area contributed by atoms with E-state index in [2.05, 4.69) is 31.3 Å². The molecule has 0 radical (unpaired) electrons. The Hall–Kier alpha value is -1.55. The minimum absolute atomic E-state index is 0.0689. The maximum Gasteiger partial charge on any atom is 0.263 e. The van der Waals surface area contributed by atoms with Crippen molar-refractivity contribution in [2.45, 2.75) is 32.8 Å². The molecule has 1 heterocycles. The van der Waals surface area contributed by atoms with Crippen molar-refractivity contribution in [2.75, 3.05) is 26.2 Å². The Morgan fingerprint density at radius 2 is 1.75 bits per heavy atom. The second-order valence-electron chi connectivity index (χ2n) is 5.56. The Morgan fingerprint density at radius 3 is 2.30 bits per heavy atom. The Morgan fingerprint density at radius 1 is 1.15 bits per heavy atom. The van der Waals surface area contributed by atoms with Crippen LogP contribution in [0.2, 0.25) is 0 Å². The first-order chi connectivity index (χ1) is 9.58. The van der Waals surface area contributed by atoms with Gasteiger partial charge in [0.1, 0.15) is 5.75 Å². The smallest absolute Gasteiger partial charge is 0.263 e. The van der Waals surface area contributed by atoms with E-state index < -0.39 is 6.10 Å². The molecule has 1 amide bonds. The number of hydrogen-bond donors (Lipinski definition) is 1. The quantitative estimate of drug-likeness (QED) is 0.914. The third-order valence-electron chi connectivity index (χ3n) is 3.64. The van der Waals surface area contributed by atoms with Gasteiger partial charge in [-0.1, -0.05) is 26.0 Å². The maximum atomic E-state index is 12.3. The van der Waals surface area contributed by atoms with E-state index in [4.69, 9.17) is 4.74 Å². The molecule has 1 unspecified atom stereocenters. The molecule has 2 rings (SSSR count). The summed E-state index contributed by atoms with van der Waals surface area (Å²) in [5, 5.41) is 3.24. The van der Waals surface area contributed by atoms with Gasteiger partial charge in [0.25, 0.3) is 5.91 Å². The fraction of sp³-hybridized carbons (Fsp3) is 0.562. The summed E-state index contributed by atoms with van der Waals surface area (Å²) in [4.78, 5) is 14.1. The number of rotatable bonds is 4. The van der Waals surface area contributed by atoms with Gasteiger partial charge >= 0.3 is 0 Å². The largest absolute Gasteiger partial charge is 0.481 e. The van der Waals surface area contributed by atoms with Crippen LogP contribution in [0.15, 0.2) is 24.3 Å². The molecular formula is C16H24N2O2. The van der Waals surface area contributed by atoms with E-state index in [0.29, 0.717) is 5.92 Å². The summed E-state index contributed by atoms with van der Waals surface area (Å²) in [7, 11) is 0. The zero-order valence-corrected chi connectivity index (χ0v) is 12.6. The van der Waals surface area contributed by atoms with Crippen LogP contribution in [-0.4, -0.2) is 43.1 Å². The molecule has 0 saturated carbocycles. The molecule has 110 valence electrons. The molecule has 4 nitrogen and oxygen atoms in total. The highest BCUT2D eigenvalue weighted by Crippen LogP contribution is 2.19. The molecule has 1 aliphatic heterocycles. The Bertz CT molecular complexity index is 436. The van der Waals surface area contributed by atoms with Gasteiger partial charge in [-0.25, -0.2) is 0 Å².